The molecule has 0 aliphatic carbocycles. The predicted molar refractivity (Wildman–Crippen MR) is 81.7 cm³/mol. The molecular weight excluding hydrogens is 352 g/mol. The highest BCUT2D eigenvalue weighted by Crippen LogP contribution is 2.37. The fourth-order valence-electron chi connectivity index (χ4n) is 1.82. The molecule has 2 rings (SSSR count). The van der Waals surface area contributed by atoms with Crippen molar-refractivity contribution in [3.63, 3.8) is 0 Å². The van der Waals surface area contributed by atoms with Gasteiger partial charge in [-0.3, -0.25) is 4.72 Å². The lowest BCUT2D eigenvalue weighted by molar-refractivity contribution is 0.405. The van der Waals surface area contributed by atoms with E-state index in [-0.39, 0.29) is 22.2 Å². The Kier molecular flexibility index (Phi) is 4.96. The molecule has 2 aromatic carbocycles. The van der Waals surface area contributed by atoms with E-state index in [0.29, 0.717) is 6.07 Å². The summed E-state index contributed by atoms with van der Waals surface area (Å²) in [5, 5.41) is 0.198. The molecule has 124 valence electrons. The molecule has 1 N–H and O–H groups in total. The quantitative estimate of drug-likeness (QED) is 0.883. The van der Waals surface area contributed by atoms with Crippen LogP contribution in [0.3, 0.4) is 0 Å². The number of hydrogen-bond acceptors (Lipinski definition) is 4. The molecule has 23 heavy (non-hydrogen) atoms. The predicted octanol–water partition coefficient (Wildman–Crippen LogP) is 3.44. The van der Waals surface area contributed by atoms with Gasteiger partial charge in [0.2, 0.25) is 0 Å². The van der Waals surface area contributed by atoms with Gasteiger partial charge in [0.1, 0.15) is 28.0 Å². The van der Waals surface area contributed by atoms with E-state index in [1.807, 2.05) is 0 Å². The van der Waals surface area contributed by atoms with Gasteiger partial charge in [0, 0.05) is 12.1 Å². The fraction of sp³-hybridized carbons (Fsp3) is 0.143. The van der Waals surface area contributed by atoms with E-state index in [0.717, 1.165) is 12.1 Å². The van der Waals surface area contributed by atoms with Crippen LogP contribution in [-0.4, -0.2) is 22.6 Å². The molecule has 5 nitrogen and oxygen atoms in total. The Hall–Kier alpha value is -2.06. The van der Waals surface area contributed by atoms with Crippen LogP contribution in [0.4, 0.5) is 14.5 Å². The third-order valence-corrected chi connectivity index (χ3v) is 4.58. The number of methoxy groups -OCH3 is 2. The highest BCUT2D eigenvalue weighted by molar-refractivity contribution is 7.92. The minimum absolute atomic E-state index is 0.0302. The van der Waals surface area contributed by atoms with E-state index in [2.05, 4.69) is 4.72 Å². The number of nitrogens with one attached hydrogen (secondary N) is 1. The number of anilines is 1. The third kappa shape index (κ3) is 3.65. The minimum atomic E-state index is -4.38. The Morgan fingerprint density at radius 2 is 1.70 bits per heavy atom. The molecule has 2 aromatic rings. The van der Waals surface area contributed by atoms with Crippen LogP contribution >= 0.6 is 11.6 Å². The summed E-state index contributed by atoms with van der Waals surface area (Å²) in [5.74, 6) is -1.69. The van der Waals surface area contributed by atoms with Crippen LogP contribution in [-0.2, 0) is 10.0 Å². The van der Waals surface area contributed by atoms with Crippen molar-refractivity contribution in [1.82, 2.24) is 0 Å². The van der Waals surface area contributed by atoms with Crippen LogP contribution < -0.4 is 14.2 Å². The van der Waals surface area contributed by atoms with Gasteiger partial charge in [0.15, 0.2) is 0 Å². The third-order valence-electron chi connectivity index (χ3n) is 2.90. The molecule has 0 unspecified atom stereocenters. The lowest BCUT2D eigenvalue weighted by Crippen LogP contribution is -2.15. The first-order valence-corrected chi connectivity index (χ1v) is 8.04. The number of halogens is 3. The summed E-state index contributed by atoms with van der Waals surface area (Å²) in [7, 11) is -1.73. The maximum absolute atomic E-state index is 13.7. The van der Waals surface area contributed by atoms with Gasteiger partial charge in [0.05, 0.1) is 24.9 Å². The van der Waals surface area contributed by atoms with E-state index in [1.165, 1.54) is 26.4 Å². The Bertz CT molecular complexity index is 843. The number of ether oxygens (including phenoxy) is 2. The Balaban J connectivity index is 2.50. The molecule has 0 atom stereocenters. The minimum Gasteiger partial charge on any atom is -0.495 e. The number of rotatable bonds is 5. The molecule has 0 bridgehead atoms. The van der Waals surface area contributed by atoms with Crippen LogP contribution in [0.25, 0.3) is 0 Å². The van der Waals surface area contributed by atoms with Crippen molar-refractivity contribution in [3.8, 4) is 11.5 Å². The van der Waals surface area contributed by atoms with Gasteiger partial charge in [0.25, 0.3) is 10.0 Å². The summed E-state index contributed by atoms with van der Waals surface area (Å²) in [5.41, 5.74) is -0.0302. The average molecular weight is 364 g/mol. The Labute approximate surface area is 136 Å². The van der Waals surface area contributed by atoms with Crippen molar-refractivity contribution < 1.29 is 26.7 Å². The fourth-order valence-corrected chi connectivity index (χ4v) is 3.21. The van der Waals surface area contributed by atoms with Crippen LogP contribution in [0.1, 0.15) is 0 Å². The van der Waals surface area contributed by atoms with Crippen LogP contribution in [0.2, 0.25) is 5.02 Å². The van der Waals surface area contributed by atoms with Crippen molar-refractivity contribution in [1.29, 1.82) is 0 Å². The molecule has 9 heteroatoms. The summed E-state index contributed by atoms with van der Waals surface area (Å²) in [6.07, 6.45) is 0. The maximum atomic E-state index is 13.7. The molecule has 0 amide bonds. The zero-order chi connectivity index (χ0) is 17.2. The van der Waals surface area contributed by atoms with Crippen molar-refractivity contribution >= 4 is 27.3 Å². The largest absolute Gasteiger partial charge is 0.495 e. The maximum Gasteiger partial charge on any atom is 0.265 e. The van der Waals surface area contributed by atoms with Gasteiger partial charge >= 0.3 is 0 Å². The van der Waals surface area contributed by atoms with Crippen LogP contribution in [0.5, 0.6) is 11.5 Å². The van der Waals surface area contributed by atoms with Gasteiger partial charge < -0.3 is 9.47 Å². The Morgan fingerprint density at radius 3 is 2.30 bits per heavy atom. The summed E-state index contributed by atoms with van der Waals surface area (Å²) in [6, 6.07) is 4.73. The zero-order valence-corrected chi connectivity index (χ0v) is 13.6. The molecule has 0 saturated carbocycles. The first kappa shape index (κ1) is 17.3. The second-order valence-corrected chi connectivity index (χ2v) is 6.43. The van der Waals surface area contributed by atoms with Crippen molar-refractivity contribution in [3.05, 3.63) is 47.0 Å². The Morgan fingerprint density at radius 1 is 1.04 bits per heavy atom. The molecule has 0 spiro atoms. The second kappa shape index (κ2) is 6.59. The number of sulfonamides is 1. The van der Waals surface area contributed by atoms with E-state index < -0.39 is 26.6 Å². The highest BCUT2D eigenvalue weighted by atomic mass is 35.5. The number of benzene rings is 2. The van der Waals surface area contributed by atoms with E-state index in [4.69, 9.17) is 21.1 Å². The average Bonchev–Trinajstić information content (AvgIpc) is 2.50. The van der Waals surface area contributed by atoms with Crippen molar-refractivity contribution in [2.75, 3.05) is 18.9 Å². The topological polar surface area (TPSA) is 64.6 Å². The van der Waals surface area contributed by atoms with E-state index >= 15 is 0 Å². The first-order valence-electron chi connectivity index (χ1n) is 6.18. The standard InChI is InChI=1S/C14H12ClF2NO4S/c1-21-12-7-11(13(22-2)6-9(12)15)18-23(19,20)14-5-8(16)3-4-10(14)17/h3-7,18H,1-2H3. The van der Waals surface area contributed by atoms with Crippen molar-refractivity contribution in [2.24, 2.45) is 0 Å². The first-order chi connectivity index (χ1) is 10.8. The van der Waals surface area contributed by atoms with Gasteiger partial charge in [-0.25, -0.2) is 17.2 Å². The zero-order valence-electron chi connectivity index (χ0n) is 12.1. The lowest BCUT2D eigenvalue weighted by atomic mass is 10.3. The molecule has 0 radical (unpaired) electrons. The summed E-state index contributed by atoms with van der Waals surface area (Å²) < 4.78 is 63.6. The molecule has 0 aliphatic heterocycles. The number of hydrogen-bond donors (Lipinski definition) is 1. The molecule has 0 saturated heterocycles. The lowest BCUT2D eigenvalue weighted by Gasteiger charge is -2.14. The second-order valence-electron chi connectivity index (χ2n) is 4.37. The van der Waals surface area contributed by atoms with Crippen LogP contribution in [0.15, 0.2) is 35.2 Å². The summed E-state index contributed by atoms with van der Waals surface area (Å²) in [4.78, 5) is -0.825. The van der Waals surface area contributed by atoms with E-state index in [9.17, 15) is 17.2 Å². The van der Waals surface area contributed by atoms with Crippen molar-refractivity contribution in [2.45, 2.75) is 4.90 Å². The molecule has 0 aromatic heterocycles. The molecule has 0 fully saturated rings. The van der Waals surface area contributed by atoms with E-state index in [1.54, 1.807) is 0 Å². The molecule has 0 heterocycles. The smallest absolute Gasteiger partial charge is 0.265 e. The normalized spacial score (nSPS) is 11.2. The SMILES string of the molecule is COc1cc(NS(=O)(=O)c2cc(F)ccc2F)c(OC)cc1Cl. The van der Waals surface area contributed by atoms with Gasteiger partial charge in [-0.15, -0.1) is 0 Å². The molecule has 0 aliphatic rings. The summed E-state index contributed by atoms with van der Waals surface area (Å²) in [6.45, 7) is 0. The monoisotopic (exact) mass is 363 g/mol. The summed E-state index contributed by atoms with van der Waals surface area (Å²) >= 11 is 5.92. The molecular formula is C14H12ClF2NO4S. The van der Waals surface area contributed by atoms with Crippen LogP contribution in [0, 0.1) is 11.6 Å². The van der Waals surface area contributed by atoms with Gasteiger partial charge in [-0.2, -0.15) is 0 Å². The van der Waals surface area contributed by atoms with Gasteiger partial charge in [-0.05, 0) is 18.2 Å². The van der Waals surface area contributed by atoms with Gasteiger partial charge in [-0.1, -0.05) is 11.6 Å². The highest BCUT2D eigenvalue weighted by Gasteiger charge is 2.22.